The van der Waals surface area contributed by atoms with Gasteiger partial charge in [0.25, 0.3) is 0 Å². The average Bonchev–Trinajstić information content (AvgIpc) is 2.79. The summed E-state index contributed by atoms with van der Waals surface area (Å²) in [6, 6.07) is 21.3. The number of hydrogen-bond donors (Lipinski definition) is 1. The van der Waals surface area contributed by atoms with Gasteiger partial charge < -0.3 is 5.11 Å². The minimum absolute atomic E-state index is 0.112. The molecule has 1 aromatic heterocycles. The van der Waals surface area contributed by atoms with E-state index in [4.69, 9.17) is 23.2 Å². The third kappa shape index (κ3) is 4.63. The molecule has 0 aliphatic rings. The smallest absolute Gasteiger partial charge is 0.244 e. The summed E-state index contributed by atoms with van der Waals surface area (Å²) < 4.78 is 27.9. The molecule has 4 rings (SSSR count). The molecule has 3 aromatic carbocycles. The van der Waals surface area contributed by atoms with Gasteiger partial charge >= 0.3 is 0 Å². The van der Waals surface area contributed by atoms with Gasteiger partial charge in [0, 0.05) is 40.8 Å². The van der Waals surface area contributed by atoms with Gasteiger partial charge in [-0.1, -0.05) is 77.8 Å². The molecular formula is C25H22Cl2N2O3S. The Balaban J connectivity index is 1.78. The molecule has 0 aliphatic carbocycles. The van der Waals surface area contributed by atoms with Gasteiger partial charge in [-0.25, -0.2) is 8.42 Å². The van der Waals surface area contributed by atoms with Crippen molar-refractivity contribution in [1.29, 1.82) is 0 Å². The number of hydrogen-bond acceptors (Lipinski definition) is 4. The second-order valence-electron chi connectivity index (χ2n) is 7.79. The van der Waals surface area contributed by atoms with Crippen molar-refractivity contribution >= 4 is 44.1 Å². The molecule has 0 saturated carbocycles. The maximum absolute atomic E-state index is 13.3. The summed E-state index contributed by atoms with van der Waals surface area (Å²) in [6.07, 6.45) is -1.27. The predicted octanol–water partition coefficient (Wildman–Crippen LogP) is 5.75. The van der Waals surface area contributed by atoms with Crippen LogP contribution in [-0.4, -0.2) is 29.9 Å². The second-order valence-corrected chi connectivity index (χ2v) is 10.6. The first-order chi connectivity index (χ1) is 15.7. The minimum Gasteiger partial charge on any atom is -0.383 e. The first kappa shape index (κ1) is 23.7. The Morgan fingerprint density at radius 3 is 2.42 bits per heavy atom. The first-order valence-corrected chi connectivity index (χ1v) is 12.4. The number of fused-ring (bicyclic) bond motifs is 1. The molecule has 0 saturated heterocycles. The molecule has 170 valence electrons. The van der Waals surface area contributed by atoms with Crippen molar-refractivity contribution in [3.63, 3.8) is 0 Å². The standard InChI is InChI=1S/C25H22Cl2N2O3S/c1-16-11-12-18-9-6-10-19(24(18)28-16)25(30)22-20(26)13-14-21(23(22)27)33(31,32)29(2)15-17-7-4-3-5-8-17/h3-14,25,30H,15H2,1-2H3. The van der Waals surface area contributed by atoms with Gasteiger partial charge in [0.15, 0.2) is 0 Å². The number of aromatic nitrogens is 1. The molecule has 33 heavy (non-hydrogen) atoms. The van der Waals surface area contributed by atoms with E-state index in [-0.39, 0.29) is 27.0 Å². The van der Waals surface area contributed by atoms with E-state index in [0.29, 0.717) is 11.1 Å². The Hall–Kier alpha value is -2.48. The molecule has 1 N–H and O–H groups in total. The number of rotatable bonds is 6. The Morgan fingerprint density at radius 1 is 0.970 bits per heavy atom. The quantitative estimate of drug-likeness (QED) is 0.365. The zero-order valence-electron chi connectivity index (χ0n) is 18.0. The maximum atomic E-state index is 13.3. The molecule has 8 heteroatoms. The van der Waals surface area contributed by atoms with Gasteiger partial charge in [-0.05, 0) is 30.7 Å². The molecule has 4 aromatic rings. The predicted molar refractivity (Wildman–Crippen MR) is 132 cm³/mol. The molecule has 0 bridgehead atoms. The summed E-state index contributed by atoms with van der Waals surface area (Å²) in [6.45, 7) is 2.03. The number of benzene rings is 3. The number of halogens is 2. The van der Waals surface area contributed by atoms with Crippen molar-refractivity contribution in [1.82, 2.24) is 9.29 Å². The first-order valence-electron chi connectivity index (χ1n) is 10.2. The minimum atomic E-state index is -3.96. The van der Waals surface area contributed by atoms with E-state index in [2.05, 4.69) is 4.98 Å². The number of aliphatic hydroxyl groups is 1. The van der Waals surface area contributed by atoms with E-state index in [1.165, 1.54) is 23.5 Å². The van der Waals surface area contributed by atoms with Crippen LogP contribution in [0.2, 0.25) is 10.0 Å². The van der Waals surface area contributed by atoms with Gasteiger partial charge in [-0.3, -0.25) is 4.98 Å². The highest BCUT2D eigenvalue weighted by atomic mass is 35.5. The van der Waals surface area contributed by atoms with Gasteiger partial charge in [-0.15, -0.1) is 0 Å². The van der Waals surface area contributed by atoms with E-state index in [1.54, 1.807) is 12.1 Å². The third-order valence-corrected chi connectivity index (χ3v) is 8.18. The number of sulfonamides is 1. The Labute approximate surface area is 203 Å². The van der Waals surface area contributed by atoms with Crippen molar-refractivity contribution in [3.05, 3.63) is 105 Å². The SMILES string of the molecule is Cc1ccc2cccc(C(O)c3c(Cl)ccc(S(=O)(=O)N(C)Cc4ccccc4)c3Cl)c2n1. The summed E-state index contributed by atoms with van der Waals surface area (Å²) in [5, 5.41) is 12.2. The number of pyridine rings is 1. The van der Waals surface area contributed by atoms with Crippen LogP contribution in [-0.2, 0) is 16.6 Å². The molecule has 1 unspecified atom stereocenters. The monoisotopic (exact) mass is 500 g/mol. The van der Waals surface area contributed by atoms with Crippen LogP contribution in [0.1, 0.15) is 28.5 Å². The van der Waals surface area contributed by atoms with Crippen molar-refractivity contribution in [2.24, 2.45) is 0 Å². The third-order valence-electron chi connectivity index (χ3n) is 5.49. The molecule has 0 amide bonds. The van der Waals surface area contributed by atoms with Crippen molar-refractivity contribution < 1.29 is 13.5 Å². The number of aliphatic hydroxyl groups excluding tert-OH is 1. The fraction of sp³-hybridized carbons (Fsp3) is 0.160. The summed E-state index contributed by atoms with van der Waals surface area (Å²) in [4.78, 5) is 4.44. The van der Waals surface area contributed by atoms with E-state index in [1.807, 2.05) is 55.5 Å². The molecular weight excluding hydrogens is 479 g/mol. The Bertz CT molecular complexity index is 1430. The van der Waals surface area contributed by atoms with Crippen LogP contribution in [0.25, 0.3) is 10.9 Å². The Kier molecular flexibility index (Phi) is 6.75. The van der Waals surface area contributed by atoms with Crippen molar-refractivity contribution in [2.45, 2.75) is 24.5 Å². The Morgan fingerprint density at radius 2 is 1.70 bits per heavy atom. The van der Waals surface area contributed by atoms with Crippen LogP contribution < -0.4 is 0 Å². The highest BCUT2D eigenvalue weighted by Gasteiger charge is 2.29. The van der Waals surface area contributed by atoms with E-state index >= 15 is 0 Å². The largest absolute Gasteiger partial charge is 0.383 e. The lowest BCUT2D eigenvalue weighted by molar-refractivity contribution is 0.221. The maximum Gasteiger partial charge on any atom is 0.244 e. The topological polar surface area (TPSA) is 70.5 Å². The summed E-state index contributed by atoms with van der Waals surface area (Å²) >= 11 is 13.0. The van der Waals surface area contributed by atoms with Crippen molar-refractivity contribution in [3.8, 4) is 0 Å². The van der Waals surface area contributed by atoms with Crippen LogP contribution in [0.15, 0.2) is 77.7 Å². The molecule has 5 nitrogen and oxygen atoms in total. The van der Waals surface area contributed by atoms with Crippen LogP contribution in [0.4, 0.5) is 0 Å². The number of para-hydroxylation sites is 1. The normalized spacial score (nSPS) is 12.9. The van der Waals surface area contributed by atoms with Crippen LogP contribution in [0.3, 0.4) is 0 Å². The second kappa shape index (κ2) is 9.41. The van der Waals surface area contributed by atoms with Gasteiger partial charge in [0.05, 0.1) is 10.5 Å². The molecule has 0 radical (unpaired) electrons. The molecule has 1 atom stereocenters. The fourth-order valence-electron chi connectivity index (χ4n) is 3.74. The van der Waals surface area contributed by atoms with Crippen LogP contribution in [0.5, 0.6) is 0 Å². The van der Waals surface area contributed by atoms with E-state index < -0.39 is 16.1 Å². The summed E-state index contributed by atoms with van der Waals surface area (Å²) in [5.41, 5.74) is 2.85. The fourth-order valence-corrected chi connectivity index (χ4v) is 5.84. The molecule has 0 aliphatic heterocycles. The van der Waals surface area contributed by atoms with Gasteiger partial charge in [-0.2, -0.15) is 4.31 Å². The lowest BCUT2D eigenvalue weighted by Gasteiger charge is -2.22. The van der Waals surface area contributed by atoms with Crippen molar-refractivity contribution in [2.75, 3.05) is 7.05 Å². The average molecular weight is 501 g/mol. The van der Waals surface area contributed by atoms with E-state index in [9.17, 15) is 13.5 Å². The van der Waals surface area contributed by atoms with Gasteiger partial charge in [0.2, 0.25) is 10.0 Å². The van der Waals surface area contributed by atoms with Crippen LogP contribution >= 0.6 is 23.2 Å². The lowest BCUT2D eigenvalue weighted by Crippen LogP contribution is -2.27. The zero-order valence-corrected chi connectivity index (χ0v) is 20.4. The summed E-state index contributed by atoms with van der Waals surface area (Å²) in [7, 11) is -2.47. The number of aryl methyl sites for hydroxylation is 1. The van der Waals surface area contributed by atoms with Gasteiger partial charge in [0.1, 0.15) is 11.0 Å². The molecule has 0 spiro atoms. The molecule has 0 fully saturated rings. The summed E-state index contributed by atoms with van der Waals surface area (Å²) in [5.74, 6) is 0. The van der Waals surface area contributed by atoms with E-state index in [0.717, 1.165) is 16.6 Å². The highest BCUT2D eigenvalue weighted by Crippen LogP contribution is 2.40. The number of nitrogens with zero attached hydrogens (tertiary/aromatic N) is 2. The zero-order chi connectivity index (χ0) is 23.8. The molecule has 1 heterocycles. The lowest BCUT2D eigenvalue weighted by atomic mass is 9.98. The highest BCUT2D eigenvalue weighted by molar-refractivity contribution is 7.89. The van der Waals surface area contributed by atoms with Crippen LogP contribution in [0, 0.1) is 6.92 Å².